The van der Waals surface area contributed by atoms with Crippen molar-refractivity contribution in [2.75, 3.05) is 5.32 Å². The van der Waals surface area contributed by atoms with Crippen LogP contribution < -0.4 is 5.32 Å². The summed E-state index contributed by atoms with van der Waals surface area (Å²) >= 11 is 0. The molecule has 0 bridgehead atoms. The molecule has 0 aliphatic carbocycles. The second kappa shape index (κ2) is 8.40. The quantitative estimate of drug-likeness (QED) is 0.283. The largest absolute Gasteiger partial charge is 0.434 e. The summed E-state index contributed by atoms with van der Waals surface area (Å²) in [5.74, 6) is 0.625. The third-order valence-electron chi connectivity index (χ3n) is 6.71. The highest BCUT2D eigenvalue weighted by atomic mass is 16.3. The van der Waals surface area contributed by atoms with E-state index in [9.17, 15) is 0 Å². The second-order valence-corrected chi connectivity index (χ2v) is 8.90. The van der Waals surface area contributed by atoms with Crippen molar-refractivity contribution in [3.05, 3.63) is 127 Å². The normalized spacial score (nSPS) is 11.3. The maximum Gasteiger partial charge on any atom is 0.228 e. The predicted octanol–water partition coefficient (Wildman–Crippen LogP) is 9.21. The molecule has 0 spiro atoms. The van der Waals surface area contributed by atoms with Crippen molar-refractivity contribution in [3.63, 3.8) is 0 Å². The summed E-state index contributed by atoms with van der Waals surface area (Å²) in [5, 5.41) is 8.29. The smallest absolute Gasteiger partial charge is 0.228 e. The van der Waals surface area contributed by atoms with Crippen LogP contribution in [0.15, 0.2) is 132 Å². The van der Waals surface area contributed by atoms with Gasteiger partial charge in [0.05, 0.1) is 5.69 Å². The Kier molecular flexibility index (Phi) is 4.78. The molecule has 0 aliphatic heterocycles. The van der Waals surface area contributed by atoms with Gasteiger partial charge in [0, 0.05) is 16.6 Å². The van der Waals surface area contributed by atoms with Gasteiger partial charge in [-0.1, -0.05) is 103 Å². The molecule has 7 aromatic rings. The zero-order valence-corrected chi connectivity index (χ0v) is 19.5. The third-order valence-corrected chi connectivity index (χ3v) is 6.71. The minimum absolute atomic E-state index is 0.625. The van der Waals surface area contributed by atoms with Crippen LogP contribution in [-0.4, -0.2) is 4.98 Å². The van der Waals surface area contributed by atoms with E-state index in [1.165, 1.54) is 21.9 Å². The Labute approximate surface area is 208 Å². The molecule has 3 heteroatoms. The molecular formula is C33H22N2O. The lowest BCUT2D eigenvalue weighted by atomic mass is 9.97. The highest BCUT2D eigenvalue weighted by Gasteiger charge is 2.15. The van der Waals surface area contributed by atoms with E-state index in [1.54, 1.807) is 0 Å². The number of benzene rings is 6. The molecule has 7 rings (SSSR count). The summed E-state index contributed by atoms with van der Waals surface area (Å²) in [6, 6.07) is 43.9. The van der Waals surface area contributed by atoms with Crippen molar-refractivity contribution < 1.29 is 4.42 Å². The predicted molar refractivity (Wildman–Crippen MR) is 150 cm³/mol. The molecule has 3 nitrogen and oxygen atoms in total. The van der Waals surface area contributed by atoms with E-state index in [-0.39, 0.29) is 0 Å². The van der Waals surface area contributed by atoms with Crippen LogP contribution >= 0.6 is 0 Å². The number of aromatic nitrogens is 1. The van der Waals surface area contributed by atoms with Crippen molar-refractivity contribution in [3.8, 4) is 22.6 Å². The molecule has 0 saturated heterocycles. The van der Waals surface area contributed by atoms with Crippen LogP contribution in [0.4, 0.5) is 11.4 Å². The summed E-state index contributed by atoms with van der Waals surface area (Å²) < 4.78 is 6.40. The van der Waals surface area contributed by atoms with Gasteiger partial charge in [-0.05, 0) is 51.6 Å². The van der Waals surface area contributed by atoms with E-state index in [2.05, 4.69) is 90.2 Å². The topological polar surface area (TPSA) is 38.1 Å². The minimum atomic E-state index is 0.625. The molecule has 1 N–H and O–H groups in total. The zero-order valence-electron chi connectivity index (χ0n) is 19.5. The summed E-state index contributed by atoms with van der Waals surface area (Å²) in [6.45, 7) is 0. The van der Waals surface area contributed by atoms with Gasteiger partial charge in [-0.2, -0.15) is 0 Å². The Morgan fingerprint density at radius 1 is 0.500 bits per heavy atom. The molecule has 0 unspecified atom stereocenters. The van der Waals surface area contributed by atoms with Crippen LogP contribution in [-0.2, 0) is 0 Å². The minimum Gasteiger partial charge on any atom is -0.434 e. The number of hydrogen-bond acceptors (Lipinski definition) is 3. The van der Waals surface area contributed by atoms with E-state index in [1.807, 2.05) is 42.5 Å². The van der Waals surface area contributed by atoms with E-state index in [0.717, 1.165) is 38.8 Å². The van der Waals surface area contributed by atoms with Gasteiger partial charge in [0.25, 0.3) is 0 Å². The van der Waals surface area contributed by atoms with Gasteiger partial charge in [0.15, 0.2) is 5.58 Å². The van der Waals surface area contributed by atoms with Crippen LogP contribution in [0.5, 0.6) is 0 Å². The maximum atomic E-state index is 6.40. The van der Waals surface area contributed by atoms with E-state index in [4.69, 9.17) is 9.40 Å². The Hall–Kier alpha value is -4.89. The standard InChI is InChI=1S/C33H22N2O/c1-2-10-22(11-3-1)25-20-21-29(27-16-7-6-15-26(25)27)34-30-18-9-19-31-32(30)36-33(35-31)28-17-8-13-23-12-4-5-14-24(23)28/h1-21,34H. The highest BCUT2D eigenvalue weighted by molar-refractivity contribution is 6.05. The summed E-state index contributed by atoms with van der Waals surface area (Å²) in [6.07, 6.45) is 0. The molecule has 36 heavy (non-hydrogen) atoms. The van der Waals surface area contributed by atoms with Crippen LogP contribution in [0.3, 0.4) is 0 Å². The first-order valence-electron chi connectivity index (χ1n) is 12.1. The van der Waals surface area contributed by atoms with Gasteiger partial charge in [-0.3, -0.25) is 0 Å². The number of hydrogen-bond donors (Lipinski definition) is 1. The number of nitrogens with zero attached hydrogens (tertiary/aromatic N) is 1. The molecule has 0 radical (unpaired) electrons. The van der Waals surface area contributed by atoms with E-state index in [0.29, 0.717) is 5.89 Å². The van der Waals surface area contributed by atoms with Crippen LogP contribution in [0.2, 0.25) is 0 Å². The highest BCUT2D eigenvalue weighted by Crippen LogP contribution is 2.37. The second-order valence-electron chi connectivity index (χ2n) is 8.90. The van der Waals surface area contributed by atoms with Crippen molar-refractivity contribution in [2.24, 2.45) is 0 Å². The fourth-order valence-corrected chi connectivity index (χ4v) is 5.00. The van der Waals surface area contributed by atoms with Gasteiger partial charge >= 0.3 is 0 Å². The van der Waals surface area contributed by atoms with E-state index >= 15 is 0 Å². The molecule has 0 fully saturated rings. The van der Waals surface area contributed by atoms with Gasteiger partial charge < -0.3 is 9.73 Å². The van der Waals surface area contributed by atoms with Crippen LogP contribution in [0.1, 0.15) is 0 Å². The Balaban J connectivity index is 1.34. The van der Waals surface area contributed by atoms with Gasteiger partial charge in [0.2, 0.25) is 5.89 Å². The summed E-state index contributed by atoms with van der Waals surface area (Å²) in [5.41, 5.74) is 6.91. The Morgan fingerprint density at radius 3 is 2.11 bits per heavy atom. The Bertz CT molecular complexity index is 1860. The molecule has 0 saturated carbocycles. The summed E-state index contributed by atoms with van der Waals surface area (Å²) in [4.78, 5) is 4.84. The molecule has 0 amide bonds. The van der Waals surface area contributed by atoms with Gasteiger partial charge in [-0.25, -0.2) is 4.98 Å². The molecule has 170 valence electrons. The summed E-state index contributed by atoms with van der Waals surface area (Å²) in [7, 11) is 0. The molecule has 0 aliphatic rings. The average Bonchev–Trinajstić information content (AvgIpc) is 3.39. The van der Waals surface area contributed by atoms with Crippen molar-refractivity contribution in [1.82, 2.24) is 4.98 Å². The van der Waals surface area contributed by atoms with Gasteiger partial charge in [-0.15, -0.1) is 0 Å². The zero-order chi connectivity index (χ0) is 23.9. The lowest BCUT2D eigenvalue weighted by molar-refractivity contribution is 0.621. The first-order valence-corrected chi connectivity index (χ1v) is 12.1. The van der Waals surface area contributed by atoms with E-state index < -0.39 is 0 Å². The van der Waals surface area contributed by atoms with Crippen molar-refractivity contribution in [1.29, 1.82) is 0 Å². The SMILES string of the molecule is c1ccc(-c2ccc(Nc3cccc4nc(-c5cccc6ccccc56)oc34)c3ccccc23)cc1. The molecule has 1 heterocycles. The van der Waals surface area contributed by atoms with Crippen molar-refractivity contribution >= 4 is 44.0 Å². The molecule has 6 aromatic carbocycles. The average molecular weight is 463 g/mol. The molecular weight excluding hydrogens is 440 g/mol. The number of anilines is 2. The lowest BCUT2D eigenvalue weighted by Crippen LogP contribution is -1.93. The third kappa shape index (κ3) is 3.41. The molecule has 0 atom stereocenters. The first kappa shape index (κ1) is 20.5. The fraction of sp³-hybridized carbons (Fsp3) is 0. The fourth-order valence-electron chi connectivity index (χ4n) is 5.00. The van der Waals surface area contributed by atoms with Gasteiger partial charge in [0.1, 0.15) is 5.52 Å². The number of fused-ring (bicyclic) bond motifs is 3. The van der Waals surface area contributed by atoms with Crippen molar-refractivity contribution in [2.45, 2.75) is 0 Å². The number of para-hydroxylation sites is 1. The van der Waals surface area contributed by atoms with Crippen LogP contribution in [0, 0.1) is 0 Å². The monoisotopic (exact) mass is 462 g/mol. The number of rotatable bonds is 4. The number of nitrogens with one attached hydrogen (secondary N) is 1. The Morgan fingerprint density at radius 2 is 1.22 bits per heavy atom. The number of oxazole rings is 1. The molecule has 1 aromatic heterocycles. The maximum absolute atomic E-state index is 6.40. The lowest BCUT2D eigenvalue weighted by Gasteiger charge is -2.13. The van der Waals surface area contributed by atoms with Crippen LogP contribution in [0.25, 0.3) is 55.2 Å². The first-order chi connectivity index (χ1) is 17.8.